The van der Waals surface area contributed by atoms with Gasteiger partial charge in [0.15, 0.2) is 0 Å². The fraction of sp³-hybridized carbons (Fsp3) is 0.0323. The average Bonchev–Trinajstić information content (AvgIpc) is 2.97. The third kappa shape index (κ3) is 3.31. The van der Waals surface area contributed by atoms with Crippen LogP contribution in [0.3, 0.4) is 0 Å². The van der Waals surface area contributed by atoms with Crippen LogP contribution in [0.25, 0.3) is 33.4 Å². The summed E-state index contributed by atoms with van der Waals surface area (Å²) in [7, 11) is 0. The first kappa shape index (κ1) is 21.5. The Morgan fingerprint density at radius 3 is 1.47 bits per heavy atom. The summed E-state index contributed by atoms with van der Waals surface area (Å²) in [6, 6.07) is 39.3. The molecular weight excluding hydrogens is 548 g/mol. The normalized spacial score (nSPS) is 13.4. The third-order valence-electron chi connectivity index (χ3n) is 6.65. The van der Waals surface area contributed by atoms with Gasteiger partial charge in [0.2, 0.25) is 0 Å². The van der Waals surface area contributed by atoms with Crippen molar-refractivity contribution in [1.29, 1.82) is 0 Å². The zero-order chi connectivity index (χ0) is 23.3. The van der Waals surface area contributed by atoms with Crippen molar-refractivity contribution >= 4 is 31.9 Å². The molecule has 0 radical (unpaired) electrons. The first-order chi connectivity index (χ1) is 16.6. The Morgan fingerprint density at radius 2 is 0.912 bits per heavy atom. The maximum Gasteiger partial charge on any atom is 0.142 e. The van der Waals surface area contributed by atoms with Gasteiger partial charge >= 0.3 is 0 Å². The number of halogens is 2. The molecule has 0 fully saturated rings. The maximum atomic E-state index is 13.0. The van der Waals surface area contributed by atoms with Crippen LogP contribution in [0.5, 0.6) is 0 Å². The molecule has 0 saturated heterocycles. The van der Waals surface area contributed by atoms with Crippen molar-refractivity contribution in [2.75, 3.05) is 0 Å². The summed E-state index contributed by atoms with van der Waals surface area (Å²) in [6.45, 7) is 0. The Hall–Kier alpha value is -2.98. The first-order valence-corrected chi connectivity index (χ1v) is 12.7. The highest BCUT2D eigenvalue weighted by atomic mass is 79.9. The minimum atomic E-state index is -1.39. The third-order valence-corrected chi connectivity index (χ3v) is 7.64. The predicted octanol–water partition coefficient (Wildman–Crippen LogP) is 8.81. The number of fused-ring (bicyclic) bond motifs is 5. The van der Waals surface area contributed by atoms with Gasteiger partial charge in [-0.2, -0.15) is 0 Å². The predicted molar refractivity (Wildman–Crippen MR) is 147 cm³/mol. The molecule has 0 amide bonds. The van der Waals surface area contributed by atoms with Crippen molar-refractivity contribution in [3.8, 4) is 33.4 Å². The van der Waals surface area contributed by atoms with Crippen molar-refractivity contribution in [3.63, 3.8) is 0 Å². The molecule has 0 saturated carbocycles. The van der Waals surface area contributed by atoms with Crippen molar-refractivity contribution in [3.05, 3.63) is 141 Å². The second-order valence-electron chi connectivity index (χ2n) is 8.55. The lowest BCUT2D eigenvalue weighted by Crippen LogP contribution is -2.30. The molecule has 1 nitrogen and oxygen atoms in total. The quantitative estimate of drug-likeness (QED) is 0.226. The van der Waals surface area contributed by atoms with Gasteiger partial charge in [-0.3, -0.25) is 0 Å². The molecule has 164 valence electrons. The van der Waals surface area contributed by atoms with Gasteiger partial charge in [-0.15, -0.1) is 0 Å². The summed E-state index contributed by atoms with van der Waals surface area (Å²) >= 11 is 7.36. The van der Waals surface area contributed by atoms with E-state index in [1.165, 1.54) is 0 Å². The van der Waals surface area contributed by atoms with Crippen LogP contribution in [-0.4, -0.2) is 5.11 Å². The lowest BCUT2D eigenvalue weighted by Gasteiger charge is -2.34. The Bertz CT molecular complexity index is 1470. The molecule has 1 aliphatic carbocycles. The van der Waals surface area contributed by atoms with Crippen LogP contribution < -0.4 is 0 Å². The molecule has 1 aliphatic rings. The summed E-state index contributed by atoms with van der Waals surface area (Å²) in [5, 5.41) is 13.0. The Balaban J connectivity index is 1.80. The van der Waals surface area contributed by atoms with E-state index < -0.39 is 5.60 Å². The van der Waals surface area contributed by atoms with Crippen LogP contribution in [0.2, 0.25) is 0 Å². The van der Waals surface area contributed by atoms with Crippen molar-refractivity contribution in [2.45, 2.75) is 5.60 Å². The summed E-state index contributed by atoms with van der Waals surface area (Å²) in [5.41, 5.74) is 7.53. The fourth-order valence-corrected chi connectivity index (χ4v) is 5.88. The molecular formula is C31H20Br2O. The first-order valence-electron chi connectivity index (χ1n) is 11.1. The molecule has 0 aliphatic heterocycles. The lowest BCUT2D eigenvalue weighted by molar-refractivity contribution is 0.127. The van der Waals surface area contributed by atoms with Gasteiger partial charge in [-0.1, -0.05) is 123 Å². The van der Waals surface area contributed by atoms with Crippen LogP contribution in [0, 0.1) is 0 Å². The highest BCUT2D eigenvalue weighted by Gasteiger charge is 2.42. The monoisotopic (exact) mass is 566 g/mol. The Labute approximate surface area is 216 Å². The average molecular weight is 568 g/mol. The summed E-state index contributed by atoms with van der Waals surface area (Å²) in [5.74, 6) is 0. The Morgan fingerprint density at radius 1 is 0.441 bits per heavy atom. The summed E-state index contributed by atoms with van der Waals surface area (Å²) in [6.07, 6.45) is 0. The highest BCUT2D eigenvalue weighted by molar-refractivity contribution is 9.10. The van der Waals surface area contributed by atoms with E-state index in [4.69, 9.17) is 0 Å². The SMILES string of the molecule is OC1(c2ccccc2-c2ccccc2)c2cc(Br)ccc2-c2ccccc2-c2ccc(Br)cc21. The van der Waals surface area contributed by atoms with E-state index in [1.807, 2.05) is 48.5 Å². The van der Waals surface area contributed by atoms with Crippen molar-refractivity contribution in [1.82, 2.24) is 0 Å². The van der Waals surface area contributed by atoms with Crippen LogP contribution >= 0.6 is 31.9 Å². The molecule has 0 spiro atoms. The largest absolute Gasteiger partial charge is 0.376 e. The van der Waals surface area contributed by atoms with Crippen molar-refractivity contribution in [2.24, 2.45) is 0 Å². The highest BCUT2D eigenvalue weighted by Crippen LogP contribution is 2.53. The lowest BCUT2D eigenvalue weighted by atomic mass is 9.75. The zero-order valence-corrected chi connectivity index (χ0v) is 21.3. The second kappa shape index (κ2) is 8.35. The van der Waals surface area contributed by atoms with Gasteiger partial charge in [-0.05, 0) is 57.6 Å². The van der Waals surface area contributed by atoms with E-state index in [0.29, 0.717) is 0 Å². The zero-order valence-electron chi connectivity index (χ0n) is 18.2. The molecule has 0 heterocycles. The van der Waals surface area contributed by atoms with Crippen LogP contribution in [0.4, 0.5) is 0 Å². The molecule has 0 bridgehead atoms. The molecule has 34 heavy (non-hydrogen) atoms. The smallest absolute Gasteiger partial charge is 0.142 e. The Kier molecular flexibility index (Phi) is 5.29. The molecule has 1 N–H and O–H groups in total. The van der Waals surface area contributed by atoms with E-state index in [-0.39, 0.29) is 0 Å². The van der Waals surface area contributed by atoms with Gasteiger partial charge in [0.05, 0.1) is 0 Å². The van der Waals surface area contributed by atoms with E-state index in [0.717, 1.165) is 59.0 Å². The van der Waals surface area contributed by atoms with Crippen LogP contribution in [0.15, 0.2) is 124 Å². The van der Waals surface area contributed by atoms with E-state index in [1.54, 1.807) is 0 Å². The second-order valence-corrected chi connectivity index (χ2v) is 10.4. The topological polar surface area (TPSA) is 20.2 Å². The van der Waals surface area contributed by atoms with Gasteiger partial charge < -0.3 is 5.11 Å². The van der Waals surface area contributed by atoms with Crippen LogP contribution in [0.1, 0.15) is 16.7 Å². The number of aliphatic hydroxyl groups is 1. The molecule has 5 aromatic carbocycles. The number of benzene rings is 5. The fourth-order valence-electron chi connectivity index (χ4n) is 5.16. The molecule has 0 aromatic heterocycles. The van der Waals surface area contributed by atoms with Gasteiger partial charge in [0.25, 0.3) is 0 Å². The standard InChI is InChI=1S/C31H20Br2O/c32-21-14-16-26-24-11-4-5-12-25(24)27-17-15-22(33)19-30(27)31(34,29(26)18-21)28-13-7-6-10-23(28)20-8-2-1-3-9-20/h1-19,34H. The molecule has 3 heteroatoms. The summed E-state index contributed by atoms with van der Waals surface area (Å²) < 4.78 is 1.86. The molecule has 0 unspecified atom stereocenters. The van der Waals surface area contributed by atoms with Crippen molar-refractivity contribution < 1.29 is 5.11 Å². The minimum Gasteiger partial charge on any atom is -0.376 e. The maximum absolute atomic E-state index is 13.0. The molecule has 6 rings (SSSR count). The number of rotatable bonds is 2. The van der Waals surface area contributed by atoms with Gasteiger partial charge in [0, 0.05) is 25.6 Å². The van der Waals surface area contributed by atoms with Gasteiger partial charge in [0.1, 0.15) is 5.60 Å². The number of hydrogen-bond acceptors (Lipinski definition) is 1. The summed E-state index contributed by atoms with van der Waals surface area (Å²) in [4.78, 5) is 0. The van der Waals surface area contributed by atoms with Crippen LogP contribution in [-0.2, 0) is 5.60 Å². The van der Waals surface area contributed by atoms with E-state index in [2.05, 4.69) is 98.6 Å². The molecule has 0 atom stereocenters. The number of hydrogen-bond donors (Lipinski definition) is 1. The molecule has 5 aromatic rings. The minimum absolute atomic E-state index is 0.854. The van der Waals surface area contributed by atoms with Gasteiger partial charge in [-0.25, -0.2) is 0 Å². The van der Waals surface area contributed by atoms with E-state index in [9.17, 15) is 5.11 Å². The van der Waals surface area contributed by atoms with E-state index >= 15 is 0 Å².